The zero-order valence-electron chi connectivity index (χ0n) is 14.2. The predicted molar refractivity (Wildman–Crippen MR) is 106 cm³/mol. The molecule has 0 saturated carbocycles. The van der Waals surface area contributed by atoms with Crippen molar-refractivity contribution in [2.45, 2.75) is 38.0 Å². The number of carbonyl (C=O) groups is 1. The van der Waals surface area contributed by atoms with Crippen LogP contribution in [0.25, 0.3) is 0 Å². The number of sulfone groups is 1. The van der Waals surface area contributed by atoms with Gasteiger partial charge in [0.05, 0.1) is 17.3 Å². The summed E-state index contributed by atoms with van der Waals surface area (Å²) in [6.07, 6.45) is 2.38. The minimum Gasteiger partial charge on any atom is -0.338 e. The van der Waals surface area contributed by atoms with Crippen LogP contribution in [0.3, 0.4) is 0 Å². The molecule has 4 nitrogen and oxygen atoms in total. The summed E-state index contributed by atoms with van der Waals surface area (Å²) < 4.78 is 23.5. The normalized spacial score (nSPS) is 19.1. The summed E-state index contributed by atoms with van der Waals surface area (Å²) in [4.78, 5) is 14.4. The molecule has 2 rings (SSSR count). The molecule has 1 heterocycles. The van der Waals surface area contributed by atoms with Gasteiger partial charge in [0.1, 0.15) is 0 Å². The molecule has 1 aliphatic heterocycles. The number of benzene rings is 1. The van der Waals surface area contributed by atoms with Crippen molar-refractivity contribution in [2.24, 2.45) is 0 Å². The fourth-order valence-electron chi connectivity index (χ4n) is 2.85. The average molecular weight is 424 g/mol. The largest absolute Gasteiger partial charge is 0.338 e. The lowest BCUT2D eigenvalue weighted by molar-refractivity contribution is -0.130. The highest BCUT2D eigenvalue weighted by atomic mass is 35.5. The summed E-state index contributed by atoms with van der Waals surface area (Å²) in [5.41, 5.74) is 0.826. The lowest BCUT2D eigenvalue weighted by atomic mass is 10.2. The van der Waals surface area contributed by atoms with Gasteiger partial charge in [-0.1, -0.05) is 42.6 Å². The lowest BCUT2D eigenvalue weighted by Gasteiger charge is -2.28. The average Bonchev–Trinajstić information content (AvgIpc) is 2.90. The van der Waals surface area contributed by atoms with E-state index in [2.05, 4.69) is 6.92 Å². The van der Waals surface area contributed by atoms with E-state index in [0.717, 1.165) is 18.4 Å². The van der Waals surface area contributed by atoms with Crippen molar-refractivity contribution in [2.75, 3.05) is 23.8 Å². The summed E-state index contributed by atoms with van der Waals surface area (Å²) in [7, 11) is -3.01. The maximum atomic E-state index is 12.7. The number of halogens is 2. The second-order valence-electron chi connectivity index (χ2n) is 6.19. The molecule has 1 aliphatic rings. The van der Waals surface area contributed by atoms with Crippen LogP contribution in [-0.2, 0) is 20.4 Å². The van der Waals surface area contributed by atoms with Crippen molar-refractivity contribution >= 4 is 50.7 Å². The molecule has 0 N–H and O–H groups in total. The van der Waals surface area contributed by atoms with Crippen LogP contribution in [0.4, 0.5) is 0 Å². The highest BCUT2D eigenvalue weighted by Crippen LogP contribution is 2.28. The van der Waals surface area contributed by atoms with E-state index in [4.69, 9.17) is 23.2 Å². The number of rotatable bonds is 8. The van der Waals surface area contributed by atoms with E-state index < -0.39 is 9.84 Å². The molecule has 140 valence electrons. The molecule has 0 radical (unpaired) electrons. The van der Waals surface area contributed by atoms with Crippen molar-refractivity contribution < 1.29 is 13.2 Å². The van der Waals surface area contributed by atoms with Crippen molar-refractivity contribution in [3.05, 3.63) is 33.8 Å². The Balaban J connectivity index is 1.95. The highest BCUT2D eigenvalue weighted by molar-refractivity contribution is 7.99. The van der Waals surface area contributed by atoms with Gasteiger partial charge in [-0.3, -0.25) is 4.79 Å². The van der Waals surface area contributed by atoms with Crippen LogP contribution in [0, 0.1) is 0 Å². The third kappa shape index (κ3) is 6.05. The molecule has 1 amide bonds. The van der Waals surface area contributed by atoms with Gasteiger partial charge in [0.25, 0.3) is 0 Å². The Morgan fingerprint density at radius 3 is 2.56 bits per heavy atom. The number of unbranched alkanes of at least 4 members (excludes halogenated alkanes) is 1. The quantitative estimate of drug-likeness (QED) is 0.632. The topological polar surface area (TPSA) is 54.5 Å². The van der Waals surface area contributed by atoms with E-state index in [1.54, 1.807) is 23.1 Å². The van der Waals surface area contributed by atoms with Crippen LogP contribution < -0.4 is 0 Å². The summed E-state index contributed by atoms with van der Waals surface area (Å²) in [6.45, 7) is 2.67. The van der Waals surface area contributed by atoms with Gasteiger partial charge in [-0.2, -0.15) is 0 Å². The van der Waals surface area contributed by atoms with Crippen LogP contribution in [0.2, 0.25) is 10.0 Å². The Morgan fingerprint density at radius 1 is 1.32 bits per heavy atom. The Morgan fingerprint density at radius 2 is 2.00 bits per heavy atom. The van der Waals surface area contributed by atoms with E-state index in [1.165, 1.54) is 11.8 Å². The Hall–Kier alpha value is -0.430. The van der Waals surface area contributed by atoms with Crippen LogP contribution in [0.15, 0.2) is 18.2 Å². The minimum atomic E-state index is -3.01. The molecule has 8 heteroatoms. The zero-order valence-corrected chi connectivity index (χ0v) is 17.4. The summed E-state index contributed by atoms with van der Waals surface area (Å²) in [6, 6.07) is 5.16. The molecule has 0 spiro atoms. The molecule has 1 atom stereocenters. The van der Waals surface area contributed by atoms with Gasteiger partial charge in [0, 0.05) is 28.4 Å². The highest BCUT2D eigenvalue weighted by Gasteiger charge is 2.34. The van der Waals surface area contributed by atoms with Crippen LogP contribution in [0.1, 0.15) is 31.7 Å². The molecule has 1 saturated heterocycles. The van der Waals surface area contributed by atoms with Crippen molar-refractivity contribution in [1.29, 1.82) is 0 Å². The van der Waals surface area contributed by atoms with E-state index in [-0.39, 0.29) is 23.5 Å². The Bertz CT molecular complexity index is 690. The zero-order chi connectivity index (χ0) is 18.4. The summed E-state index contributed by atoms with van der Waals surface area (Å²) in [5.74, 6) is 1.10. The molecule has 0 aliphatic carbocycles. The summed E-state index contributed by atoms with van der Waals surface area (Å²) >= 11 is 13.8. The van der Waals surface area contributed by atoms with Crippen molar-refractivity contribution in [3.8, 4) is 0 Å². The first-order valence-electron chi connectivity index (χ1n) is 8.34. The third-order valence-electron chi connectivity index (χ3n) is 4.26. The molecule has 1 fully saturated rings. The van der Waals surface area contributed by atoms with Crippen LogP contribution in [0.5, 0.6) is 0 Å². The fourth-order valence-corrected chi connectivity index (χ4v) is 6.23. The monoisotopic (exact) mass is 423 g/mol. The van der Waals surface area contributed by atoms with Crippen LogP contribution >= 0.6 is 35.0 Å². The molecular weight excluding hydrogens is 401 g/mol. The molecular formula is C17H23Cl2NO3S2. The number of hydrogen-bond acceptors (Lipinski definition) is 4. The molecule has 25 heavy (non-hydrogen) atoms. The molecule has 1 aromatic rings. The smallest absolute Gasteiger partial charge is 0.232 e. The molecule has 1 unspecified atom stereocenters. The maximum Gasteiger partial charge on any atom is 0.232 e. The van der Waals surface area contributed by atoms with E-state index in [9.17, 15) is 13.2 Å². The van der Waals surface area contributed by atoms with Crippen LogP contribution in [-0.4, -0.2) is 49.1 Å². The second kappa shape index (κ2) is 9.49. The van der Waals surface area contributed by atoms with Gasteiger partial charge in [-0.25, -0.2) is 8.42 Å². The maximum absolute atomic E-state index is 12.7. The first-order valence-corrected chi connectivity index (χ1v) is 12.1. The second-order valence-corrected chi connectivity index (χ2v) is 10.2. The number of carbonyl (C=O) groups excluding carboxylic acids is 1. The number of hydrogen-bond donors (Lipinski definition) is 0. The van der Waals surface area contributed by atoms with E-state index >= 15 is 0 Å². The first-order chi connectivity index (χ1) is 11.8. The molecule has 0 bridgehead atoms. The van der Waals surface area contributed by atoms with Gasteiger partial charge >= 0.3 is 0 Å². The SMILES string of the molecule is CCCCN(C(=O)CSCc1c(Cl)cccc1Cl)C1CCS(=O)(=O)C1. The number of thioether (sulfide) groups is 1. The lowest BCUT2D eigenvalue weighted by Crippen LogP contribution is -2.42. The standard InChI is InChI=1S/C17H23Cl2NO3S2/c1-2-3-8-20(13-7-9-25(22,23)12-13)17(21)11-24-10-14-15(18)5-4-6-16(14)19/h4-6,13H,2-3,7-12H2,1H3. The van der Waals surface area contributed by atoms with Gasteiger partial charge in [0.2, 0.25) is 5.91 Å². The summed E-state index contributed by atoms with van der Waals surface area (Å²) in [5, 5.41) is 1.19. The Labute approximate surface area is 164 Å². The number of nitrogens with zero attached hydrogens (tertiary/aromatic N) is 1. The van der Waals surface area contributed by atoms with Gasteiger partial charge in [-0.05, 0) is 30.5 Å². The fraction of sp³-hybridized carbons (Fsp3) is 0.588. The van der Waals surface area contributed by atoms with Gasteiger partial charge in [0.15, 0.2) is 9.84 Å². The Kier molecular flexibility index (Phi) is 7.92. The predicted octanol–water partition coefficient (Wildman–Crippen LogP) is 4.04. The van der Waals surface area contributed by atoms with Gasteiger partial charge in [-0.15, -0.1) is 11.8 Å². The van der Waals surface area contributed by atoms with E-state index in [0.29, 0.717) is 34.5 Å². The minimum absolute atomic E-state index is 0.0104. The number of amides is 1. The van der Waals surface area contributed by atoms with Gasteiger partial charge < -0.3 is 4.90 Å². The van der Waals surface area contributed by atoms with E-state index in [1.807, 2.05) is 0 Å². The molecule has 1 aromatic carbocycles. The first kappa shape index (κ1) is 20.9. The van der Waals surface area contributed by atoms with Crippen molar-refractivity contribution in [3.63, 3.8) is 0 Å². The third-order valence-corrected chi connectivity index (χ3v) is 7.66. The molecule has 0 aromatic heterocycles. The van der Waals surface area contributed by atoms with Crippen molar-refractivity contribution in [1.82, 2.24) is 4.90 Å².